The van der Waals surface area contributed by atoms with Crippen molar-refractivity contribution in [3.63, 3.8) is 0 Å². The molecule has 0 aliphatic carbocycles. The van der Waals surface area contributed by atoms with Gasteiger partial charge in [-0.3, -0.25) is 4.79 Å². The summed E-state index contributed by atoms with van der Waals surface area (Å²) in [7, 11) is 0. The van der Waals surface area contributed by atoms with E-state index in [0.29, 0.717) is 9.75 Å². The van der Waals surface area contributed by atoms with E-state index in [9.17, 15) is 4.79 Å². The van der Waals surface area contributed by atoms with Gasteiger partial charge in [0.1, 0.15) is 10.9 Å². The van der Waals surface area contributed by atoms with E-state index >= 15 is 0 Å². The van der Waals surface area contributed by atoms with Crippen LogP contribution >= 0.6 is 11.3 Å². The number of fused-ring (bicyclic) bond motifs is 1. The number of rotatable bonds is 2. The molecule has 1 aliphatic rings. The third kappa shape index (κ3) is 2.81. The van der Waals surface area contributed by atoms with Gasteiger partial charge in [0.15, 0.2) is 5.78 Å². The van der Waals surface area contributed by atoms with Crippen molar-refractivity contribution < 1.29 is 4.79 Å². The second-order valence-electron chi connectivity index (χ2n) is 6.04. The molecule has 0 amide bonds. The minimum atomic E-state index is -0.0896. The molecule has 0 fully saturated rings. The van der Waals surface area contributed by atoms with Gasteiger partial charge in [0.25, 0.3) is 0 Å². The normalized spacial score (nSPS) is 17.4. The van der Waals surface area contributed by atoms with Crippen LogP contribution in [-0.2, 0) is 6.42 Å². The molecule has 4 heteroatoms. The van der Waals surface area contributed by atoms with Gasteiger partial charge in [0.2, 0.25) is 0 Å². The lowest BCUT2D eigenvalue weighted by molar-refractivity contribution is 0.105. The summed E-state index contributed by atoms with van der Waals surface area (Å²) in [4.78, 5) is 13.6. The second kappa shape index (κ2) is 5.43. The number of allylic oxidation sites excluding steroid dienone is 1. The SMILES string of the molecule is CC1(C)Cc2ccccc2C(=CC(=O)c2ccc(C#N)s2)N1. The van der Waals surface area contributed by atoms with Gasteiger partial charge in [0, 0.05) is 22.9 Å². The summed E-state index contributed by atoms with van der Waals surface area (Å²) in [5.41, 5.74) is 3.08. The van der Waals surface area contributed by atoms with Crippen molar-refractivity contribution in [3.8, 4) is 6.07 Å². The van der Waals surface area contributed by atoms with Gasteiger partial charge in [-0.2, -0.15) is 5.26 Å². The number of nitrogens with one attached hydrogen (secondary N) is 1. The predicted molar refractivity (Wildman–Crippen MR) is 88.7 cm³/mol. The Labute approximate surface area is 133 Å². The Morgan fingerprint density at radius 2 is 2.09 bits per heavy atom. The first kappa shape index (κ1) is 14.6. The molecule has 22 heavy (non-hydrogen) atoms. The van der Waals surface area contributed by atoms with E-state index in [1.807, 2.05) is 18.2 Å². The monoisotopic (exact) mass is 308 g/mol. The maximum Gasteiger partial charge on any atom is 0.197 e. The Kier molecular flexibility index (Phi) is 3.59. The van der Waals surface area contributed by atoms with Crippen molar-refractivity contribution in [1.29, 1.82) is 5.26 Å². The highest BCUT2D eigenvalue weighted by atomic mass is 32.1. The van der Waals surface area contributed by atoms with E-state index in [4.69, 9.17) is 5.26 Å². The molecule has 110 valence electrons. The van der Waals surface area contributed by atoms with Crippen LogP contribution in [0.2, 0.25) is 0 Å². The fourth-order valence-corrected chi connectivity index (χ4v) is 3.45. The molecule has 0 unspecified atom stereocenters. The summed E-state index contributed by atoms with van der Waals surface area (Å²) < 4.78 is 0. The fraction of sp³-hybridized carbons (Fsp3) is 0.222. The van der Waals surface area contributed by atoms with Crippen LogP contribution in [0.5, 0.6) is 0 Å². The fourth-order valence-electron chi connectivity index (χ4n) is 2.74. The average Bonchev–Trinajstić information content (AvgIpc) is 2.95. The maximum atomic E-state index is 12.4. The molecule has 0 bridgehead atoms. The molecule has 1 aliphatic heterocycles. The zero-order valence-corrected chi connectivity index (χ0v) is 13.3. The number of carbonyl (C=O) groups is 1. The second-order valence-corrected chi connectivity index (χ2v) is 7.12. The minimum Gasteiger partial charge on any atom is -0.379 e. The van der Waals surface area contributed by atoms with Crippen LogP contribution in [0.4, 0.5) is 0 Å². The number of hydrogen-bond donors (Lipinski definition) is 1. The summed E-state index contributed by atoms with van der Waals surface area (Å²) >= 11 is 1.23. The lowest BCUT2D eigenvalue weighted by atomic mass is 9.85. The lowest BCUT2D eigenvalue weighted by Crippen LogP contribution is -2.43. The molecule has 0 spiro atoms. The molecule has 2 heterocycles. The van der Waals surface area contributed by atoms with Crippen molar-refractivity contribution in [3.05, 3.63) is 63.4 Å². The molecule has 1 aromatic heterocycles. The van der Waals surface area contributed by atoms with E-state index in [1.54, 1.807) is 18.2 Å². The first-order chi connectivity index (χ1) is 10.5. The van der Waals surface area contributed by atoms with Crippen LogP contribution in [0, 0.1) is 11.3 Å². The Bertz CT molecular complexity index is 808. The number of carbonyl (C=O) groups excluding carboxylic acids is 1. The van der Waals surface area contributed by atoms with Gasteiger partial charge >= 0.3 is 0 Å². The predicted octanol–water partition coefficient (Wildman–Crippen LogP) is 3.77. The summed E-state index contributed by atoms with van der Waals surface area (Å²) in [6.45, 7) is 4.25. The molecule has 3 rings (SSSR count). The Morgan fingerprint density at radius 3 is 2.82 bits per heavy atom. The average molecular weight is 308 g/mol. The van der Waals surface area contributed by atoms with E-state index in [2.05, 4.69) is 31.3 Å². The lowest BCUT2D eigenvalue weighted by Gasteiger charge is -2.35. The Hall–Kier alpha value is -2.38. The molecular weight excluding hydrogens is 292 g/mol. The molecule has 1 aromatic carbocycles. The standard InChI is InChI=1S/C18H16N2OS/c1-18(2)10-12-5-3-4-6-14(12)15(20-18)9-16(21)17-8-7-13(11-19)22-17/h3-9,20H,10H2,1-2H3. The summed E-state index contributed by atoms with van der Waals surface area (Å²) in [5.74, 6) is -0.0681. The Balaban J connectivity index is 1.99. The zero-order valence-electron chi connectivity index (χ0n) is 12.5. The smallest absolute Gasteiger partial charge is 0.197 e. The molecular formula is C18H16N2OS. The molecule has 0 atom stereocenters. The van der Waals surface area contributed by atoms with Crippen molar-refractivity contribution in [2.24, 2.45) is 0 Å². The third-order valence-corrected chi connectivity index (χ3v) is 4.65. The van der Waals surface area contributed by atoms with Crippen LogP contribution in [0.1, 0.15) is 39.5 Å². The zero-order chi connectivity index (χ0) is 15.7. The van der Waals surface area contributed by atoms with E-state index in [-0.39, 0.29) is 11.3 Å². The van der Waals surface area contributed by atoms with Crippen LogP contribution < -0.4 is 5.32 Å². The number of nitriles is 1. The largest absolute Gasteiger partial charge is 0.379 e. The first-order valence-electron chi connectivity index (χ1n) is 7.11. The quantitative estimate of drug-likeness (QED) is 0.679. The highest BCUT2D eigenvalue weighted by Gasteiger charge is 2.27. The van der Waals surface area contributed by atoms with Gasteiger partial charge in [0.05, 0.1) is 4.88 Å². The van der Waals surface area contributed by atoms with Gasteiger partial charge in [-0.1, -0.05) is 24.3 Å². The third-order valence-electron chi connectivity index (χ3n) is 3.65. The van der Waals surface area contributed by atoms with Crippen molar-refractivity contribution in [2.45, 2.75) is 25.8 Å². The molecule has 3 nitrogen and oxygen atoms in total. The summed E-state index contributed by atoms with van der Waals surface area (Å²) in [5, 5.41) is 12.3. The topological polar surface area (TPSA) is 52.9 Å². The van der Waals surface area contributed by atoms with Gasteiger partial charge in [-0.25, -0.2) is 0 Å². The van der Waals surface area contributed by atoms with E-state index in [1.165, 1.54) is 16.9 Å². The minimum absolute atomic E-state index is 0.0681. The molecule has 1 N–H and O–H groups in total. The number of hydrogen-bond acceptors (Lipinski definition) is 4. The van der Waals surface area contributed by atoms with Gasteiger partial charge < -0.3 is 5.32 Å². The number of ketones is 1. The van der Waals surface area contributed by atoms with E-state index < -0.39 is 0 Å². The maximum absolute atomic E-state index is 12.4. The van der Waals surface area contributed by atoms with E-state index in [0.717, 1.165) is 17.7 Å². The molecule has 0 saturated carbocycles. The number of nitrogens with zero attached hydrogens (tertiary/aromatic N) is 1. The van der Waals surface area contributed by atoms with Gasteiger partial charge in [-0.05, 0) is 38.0 Å². The van der Waals surface area contributed by atoms with Crippen LogP contribution in [-0.4, -0.2) is 11.3 Å². The van der Waals surface area contributed by atoms with Crippen LogP contribution in [0.25, 0.3) is 5.70 Å². The van der Waals surface area contributed by atoms with Crippen molar-refractivity contribution in [1.82, 2.24) is 5.32 Å². The molecule has 0 radical (unpaired) electrons. The number of benzene rings is 1. The highest BCUT2D eigenvalue weighted by molar-refractivity contribution is 7.14. The summed E-state index contributed by atoms with van der Waals surface area (Å²) in [6, 6.07) is 13.6. The highest BCUT2D eigenvalue weighted by Crippen LogP contribution is 2.30. The Morgan fingerprint density at radius 1 is 1.32 bits per heavy atom. The number of thiophene rings is 1. The molecule has 2 aromatic rings. The van der Waals surface area contributed by atoms with Crippen molar-refractivity contribution >= 4 is 22.8 Å². The van der Waals surface area contributed by atoms with Crippen LogP contribution in [0.3, 0.4) is 0 Å². The van der Waals surface area contributed by atoms with Gasteiger partial charge in [-0.15, -0.1) is 11.3 Å². The van der Waals surface area contributed by atoms with Crippen molar-refractivity contribution in [2.75, 3.05) is 0 Å². The molecule has 0 saturated heterocycles. The first-order valence-corrected chi connectivity index (χ1v) is 7.92. The summed E-state index contributed by atoms with van der Waals surface area (Å²) in [6.07, 6.45) is 2.57. The van der Waals surface area contributed by atoms with Crippen LogP contribution in [0.15, 0.2) is 42.5 Å².